The lowest BCUT2D eigenvalue weighted by molar-refractivity contribution is 0.0745. The Morgan fingerprint density at radius 1 is 1.19 bits per heavy atom. The first kappa shape index (κ1) is 23.4. The maximum absolute atomic E-state index is 13.0. The summed E-state index contributed by atoms with van der Waals surface area (Å²) in [7, 11) is 0. The number of benzene rings is 1. The van der Waals surface area contributed by atoms with E-state index in [4.69, 9.17) is 21.1 Å². The van der Waals surface area contributed by atoms with Crippen LogP contribution in [0.2, 0.25) is 5.02 Å². The minimum Gasteiger partial charge on any atom is -0.366 e. The second-order valence-corrected chi connectivity index (χ2v) is 9.70. The van der Waals surface area contributed by atoms with Crippen LogP contribution in [0.1, 0.15) is 40.2 Å². The molecule has 1 atom stereocenters. The van der Waals surface area contributed by atoms with Gasteiger partial charge >= 0.3 is 0 Å². The molecule has 188 valence electrons. The van der Waals surface area contributed by atoms with Gasteiger partial charge in [0.2, 0.25) is 0 Å². The number of aromatic amines is 1. The first-order chi connectivity index (χ1) is 18.0. The number of amides is 1. The SMILES string of the molecule is Cc1oncc1C(=O)N1CCN(c2c(C(C)Cc3ncnc4nc[nH]c34)cc(Cl)c3cccnc23)CC1. The van der Waals surface area contributed by atoms with E-state index in [9.17, 15) is 4.79 Å². The molecule has 6 rings (SSSR count). The number of halogens is 1. The molecule has 1 aliphatic heterocycles. The maximum Gasteiger partial charge on any atom is 0.259 e. The molecule has 0 bridgehead atoms. The van der Waals surface area contributed by atoms with E-state index in [1.54, 1.807) is 25.8 Å². The van der Waals surface area contributed by atoms with Crippen molar-refractivity contribution in [3.8, 4) is 0 Å². The number of rotatable bonds is 5. The molecule has 11 heteroatoms. The summed E-state index contributed by atoms with van der Waals surface area (Å²) in [4.78, 5) is 38.1. The highest BCUT2D eigenvalue weighted by molar-refractivity contribution is 6.36. The van der Waals surface area contributed by atoms with Crippen LogP contribution in [-0.2, 0) is 6.42 Å². The van der Waals surface area contributed by atoms with Crippen molar-refractivity contribution < 1.29 is 9.32 Å². The molecule has 1 unspecified atom stereocenters. The summed E-state index contributed by atoms with van der Waals surface area (Å²) < 4.78 is 5.09. The van der Waals surface area contributed by atoms with Crippen LogP contribution in [0.25, 0.3) is 22.1 Å². The number of carbonyl (C=O) groups is 1. The Kier molecular flexibility index (Phi) is 5.96. The molecule has 5 aromatic rings. The van der Waals surface area contributed by atoms with Gasteiger partial charge in [0.05, 0.1) is 34.4 Å². The van der Waals surface area contributed by atoms with Crippen LogP contribution >= 0.6 is 11.6 Å². The monoisotopic (exact) mass is 516 g/mol. The van der Waals surface area contributed by atoms with Crippen LogP contribution < -0.4 is 4.90 Å². The average molecular weight is 517 g/mol. The quantitative estimate of drug-likeness (QED) is 0.370. The summed E-state index contributed by atoms with van der Waals surface area (Å²) in [5.74, 6) is 0.561. The van der Waals surface area contributed by atoms with E-state index < -0.39 is 0 Å². The highest BCUT2D eigenvalue weighted by Crippen LogP contribution is 2.40. The number of H-pyrrole nitrogens is 1. The molecule has 1 saturated heterocycles. The van der Waals surface area contributed by atoms with E-state index in [1.807, 2.05) is 17.0 Å². The van der Waals surface area contributed by atoms with Gasteiger partial charge in [-0.1, -0.05) is 23.7 Å². The Hall–Kier alpha value is -4.05. The van der Waals surface area contributed by atoms with Crippen molar-refractivity contribution >= 4 is 45.3 Å². The number of hydrogen-bond acceptors (Lipinski definition) is 8. The molecule has 0 spiro atoms. The molecule has 4 aromatic heterocycles. The number of nitrogens with zero attached hydrogens (tertiary/aromatic N) is 7. The summed E-state index contributed by atoms with van der Waals surface area (Å²) in [6.45, 7) is 6.42. The van der Waals surface area contributed by atoms with E-state index >= 15 is 0 Å². The van der Waals surface area contributed by atoms with Crippen molar-refractivity contribution in [1.82, 2.24) is 35.0 Å². The van der Waals surface area contributed by atoms with E-state index in [0.717, 1.165) is 33.4 Å². The highest BCUT2D eigenvalue weighted by atomic mass is 35.5. The van der Waals surface area contributed by atoms with E-state index in [0.29, 0.717) is 54.6 Å². The number of nitrogens with one attached hydrogen (secondary N) is 1. The molecular formula is C26H25ClN8O2. The zero-order valence-electron chi connectivity index (χ0n) is 20.5. The van der Waals surface area contributed by atoms with Crippen molar-refractivity contribution in [1.29, 1.82) is 0 Å². The standard InChI is InChI=1S/C26H25ClN8O2/c1-15(10-21-23-25(31-13-29-21)32-14-30-23)18-11-20(27)17-4-3-5-28-22(17)24(18)34-6-8-35(9-7-34)26(36)19-12-33-37-16(19)2/h3-5,11-15H,6-10H2,1-2H3,(H,29,30,31,32). The van der Waals surface area contributed by atoms with Gasteiger partial charge in [-0.05, 0) is 43.0 Å². The lowest BCUT2D eigenvalue weighted by Gasteiger charge is -2.38. The van der Waals surface area contributed by atoms with Gasteiger partial charge in [0.1, 0.15) is 23.2 Å². The average Bonchev–Trinajstić information content (AvgIpc) is 3.58. The zero-order valence-corrected chi connectivity index (χ0v) is 21.2. The number of piperazine rings is 1. The smallest absolute Gasteiger partial charge is 0.259 e. The molecule has 5 heterocycles. The number of aromatic nitrogens is 6. The third-order valence-electron chi connectivity index (χ3n) is 7.04. The van der Waals surface area contributed by atoms with Crippen molar-refractivity contribution in [2.24, 2.45) is 0 Å². The molecule has 1 aromatic carbocycles. The third kappa shape index (κ3) is 4.17. The normalized spacial score (nSPS) is 15.0. The Balaban J connectivity index is 1.34. The predicted molar refractivity (Wildman–Crippen MR) is 140 cm³/mol. The molecule has 10 nitrogen and oxygen atoms in total. The summed E-state index contributed by atoms with van der Waals surface area (Å²) in [5.41, 5.74) is 5.92. The fourth-order valence-electron chi connectivity index (χ4n) is 5.09. The minimum atomic E-state index is -0.0570. The molecule has 1 fully saturated rings. The van der Waals surface area contributed by atoms with Gasteiger partial charge in [-0.25, -0.2) is 15.0 Å². The van der Waals surface area contributed by atoms with Gasteiger partial charge in [-0.15, -0.1) is 0 Å². The van der Waals surface area contributed by atoms with E-state index in [2.05, 4.69) is 43.0 Å². The van der Waals surface area contributed by atoms with Crippen LogP contribution in [0.4, 0.5) is 5.69 Å². The van der Waals surface area contributed by atoms with Crippen LogP contribution in [0.15, 0.2) is 47.8 Å². The minimum absolute atomic E-state index is 0.0570. The summed E-state index contributed by atoms with van der Waals surface area (Å²) >= 11 is 6.77. The zero-order chi connectivity index (χ0) is 25.5. The second kappa shape index (κ2) is 9.44. The van der Waals surface area contributed by atoms with Crippen LogP contribution in [0, 0.1) is 6.92 Å². The fraction of sp³-hybridized carbons (Fsp3) is 0.308. The molecule has 1 amide bonds. The van der Waals surface area contributed by atoms with Crippen LogP contribution in [-0.4, -0.2) is 67.1 Å². The van der Waals surface area contributed by atoms with Crippen molar-refractivity contribution in [2.45, 2.75) is 26.2 Å². The van der Waals surface area contributed by atoms with Gasteiger partial charge in [0.15, 0.2) is 5.65 Å². The van der Waals surface area contributed by atoms with Crippen molar-refractivity contribution in [3.63, 3.8) is 0 Å². The Labute approximate surface area is 217 Å². The van der Waals surface area contributed by atoms with E-state index in [-0.39, 0.29) is 11.8 Å². The number of fused-ring (bicyclic) bond motifs is 2. The highest BCUT2D eigenvalue weighted by Gasteiger charge is 2.29. The number of carbonyl (C=O) groups excluding carboxylic acids is 1. The fourth-order valence-corrected chi connectivity index (χ4v) is 5.36. The molecule has 0 aliphatic carbocycles. The molecule has 1 aliphatic rings. The number of aryl methyl sites for hydroxylation is 1. The van der Waals surface area contributed by atoms with Gasteiger partial charge < -0.3 is 19.3 Å². The predicted octanol–water partition coefficient (Wildman–Crippen LogP) is 4.16. The molecule has 0 radical (unpaired) electrons. The third-order valence-corrected chi connectivity index (χ3v) is 7.35. The maximum atomic E-state index is 13.0. The topological polar surface area (TPSA) is 117 Å². The largest absolute Gasteiger partial charge is 0.366 e. The van der Waals surface area contributed by atoms with E-state index in [1.165, 1.54) is 6.20 Å². The summed E-state index contributed by atoms with van der Waals surface area (Å²) in [6.07, 6.45) is 7.15. The Morgan fingerprint density at radius 2 is 2.03 bits per heavy atom. The lowest BCUT2D eigenvalue weighted by Crippen LogP contribution is -2.49. The number of hydrogen-bond donors (Lipinski definition) is 1. The Bertz CT molecular complexity index is 1610. The number of anilines is 1. The second-order valence-electron chi connectivity index (χ2n) is 9.30. The Morgan fingerprint density at radius 3 is 2.81 bits per heavy atom. The van der Waals surface area contributed by atoms with Crippen molar-refractivity contribution in [3.05, 3.63) is 70.9 Å². The van der Waals surface area contributed by atoms with Gasteiger partial charge in [0.25, 0.3) is 5.91 Å². The van der Waals surface area contributed by atoms with Gasteiger partial charge in [-0.3, -0.25) is 9.78 Å². The summed E-state index contributed by atoms with van der Waals surface area (Å²) in [6, 6.07) is 5.94. The van der Waals surface area contributed by atoms with Crippen LogP contribution in [0.3, 0.4) is 0 Å². The number of imidazole rings is 1. The molecular weight excluding hydrogens is 492 g/mol. The summed E-state index contributed by atoms with van der Waals surface area (Å²) in [5, 5.41) is 5.33. The number of pyridine rings is 1. The first-order valence-electron chi connectivity index (χ1n) is 12.2. The first-order valence-corrected chi connectivity index (χ1v) is 12.5. The molecule has 0 saturated carbocycles. The van der Waals surface area contributed by atoms with Gasteiger partial charge in [0, 0.05) is 37.8 Å². The van der Waals surface area contributed by atoms with Crippen LogP contribution in [0.5, 0.6) is 0 Å². The molecule has 1 N–H and O–H groups in total. The van der Waals surface area contributed by atoms with Gasteiger partial charge in [-0.2, -0.15) is 0 Å². The molecule has 37 heavy (non-hydrogen) atoms. The van der Waals surface area contributed by atoms with Crippen molar-refractivity contribution in [2.75, 3.05) is 31.1 Å². The lowest BCUT2D eigenvalue weighted by atomic mass is 9.92.